The second-order valence-electron chi connectivity index (χ2n) is 5.02. The van der Waals surface area contributed by atoms with Crippen molar-refractivity contribution in [3.8, 4) is 0 Å². The standard InChI is InChI=1S/C15H22N4O2/c1-4-13(14-11(2)18-21-12(14)3)17-15(20)16-7-10-19-8-5-6-9-19/h5-6,8-9,13H,4,7,10H2,1-3H3,(H2,16,17,20). The summed E-state index contributed by atoms with van der Waals surface area (Å²) in [4.78, 5) is 12.0. The number of amides is 2. The molecule has 0 saturated heterocycles. The number of carbonyl (C=O) groups is 1. The van der Waals surface area contributed by atoms with E-state index in [2.05, 4.69) is 15.8 Å². The van der Waals surface area contributed by atoms with E-state index in [4.69, 9.17) is 4.52 Å². The van der Waals surface area contributed by atoms with Gasteiger partial charge in [0.15, 0.2) is 0 Å². The zero-order valence-corrected chi connectivity index (χ0v) is 12.7. The van der Waals surface area contributed by atoms with Gasteiger partial charge in [-0.1, -0.05) is 12.1 Å². The average molecular weight is 290 g/mol. The highest BCUT2D eigenvalue weighted by atomic mass is 16.5. The van der Waals surface area contributed by atoms with Crippen molar-refractivity contribution in [2.24, 2.45) is 0 Å². The number of rotatable bonds is 6. The Morgan fingerprint density at radius 1 is 1.38 bits per heavy atom. The van der Waals surface area contributed by atoms with E-state index in [9.17, 15) is 4.79 Å². The monoisotopic (exact) mass is 290 g/mol. The van der Waals surface area contributed by atoms with Gasteiger partial charge in [0.25, 0.3) is 0 Å². The minimum Gasteiger partial charge on any atom is -0.361 e. The van der Waals surface area contributed by atoms with Crippen LogP contribution in [0, 0.1) is 13.8 Å². The minimum atomic E-state index is -0.172. The van der Waals surface area contributed by atoms with E-state index >= 15 is 0 Å². The highest BCUT2D eigenvalue weighted by molar-refractivity contribution is 5.74. The van der Waals surface area contributed by atoms with Crippen LogP contribution in [0.1, 0.15) is 36.4 Å². The first-order chi connectivity index (χ1) is 10.1. The molecule has 2 heterocycles. The first-order valence-electron chi connectivity index (χ1n) is 7.19. The summed E-state index contributed by atoms with van der Waals surface area (Å²) >= 11 is 0. The summed E-state index contributed by atoms with van der Waals surface area (Å²) in [6, 6.07) is 3.67. The molecule has 6 heteroatoms. The van der Waals surface area contributed by atoms with Gasteiger partial charge in [-0.2, -0.15) is 0 Å². The molecule has 2 rings (SSSR count). The molecule has 0 spiro atoms. The fourth-order valence-corrected chi connectivity index (χ4v) is 2.39. The molecule has 21 heavy (non-hydrogen) atoms. The van der Waals surface area contributed by atoms with Gasteiger partial charge >= 0.3 is 6.03 Å². The first kappa shape index (κ1) is 15.2. The van der Waals surface area contributed by atoms with Crippen LogP contribution in [0.15, 0.2) is 29.0 Å². The third kappa shape index (κ3) is 3.87. The van der Waals surface area contributed by atoms with Crippen molar-refractivity contribution in [2.45, 2.75) is 39.8 Å². The number of aryl methyl sites for hydroxylation is 2. The van der Waals surface area contributed by atoms with Gasteiger partial charge in [-0.25, -0.2) is 4.79 Å². The summed E-state index contributed by atoms with van der Waals surface area (Å²) in [6.07, 6.45) is 4.73. The van der Waals surface area contributed by atoms with Crippen molar-refractivity contribution in [1.82, 2.24) is 20.4 Å². The molecule has 2 N–H and O–H groups in total. The molecule has 0 aliphatic rings. The zero-order valence-electron chi connectivity index (χ0n) is 12.7. The number of hydrogen-bond acceptors (Lipinski definition) is 3. The maximum atomic E-state index is 12.0. The number of carbonyl (C=O) groups excluding carboxylic acids is 1. The van der Waals surface area contributed by atoms with Crippen molar-refractivity contribution in [3.05, 3.63) is 41.5 Å². The van der Waals surface area contributed by atoms with E-state index in [-0.39, 0.29) is 12.1 Å². The van der Waals surface area contributed by atoms with Crippen molar-refractivity contribution in [3.63, 3.8) is 0 Å². The Morgan fingerprint density at radius 3 is 2.67 bits per heavy atom. The highest BCUT2D eigenvalue weighted by Crippen LogP contribution is 2.23. The lowest BCUT2D eigenvalue weighted by Crippen LogP contribution is -2.39. The number of nitrogens with zero attached hydrogens (tertiary/aromatic N) is 2. The predicted octanol–water partition coefficient (Wildman–Crippen LogP) is 2.54. The number of urea groups is 1. The summed E-state index contributed by atoms with van der Waals surface area (Å²) in [5.74, 6) is 0.756. The molecule has 0 fully saturated rings. The molecular weight excluding hydrogens is 268 g/mol. The lowest BCUT2D eigenvalue weighted by molar-refractivity contribution is 0.236. The summed E-state index contributed by atoms with van der Waals surface area (Å²) in [5.41, 5.74) is 1.80. The Hall–Kier alpha value is -2.24. The lowest BCUT2D eigenvalue weighted by atomic mass is 10.0. The fourth-order valence-electron chi connectivity index (χ4n) is 2.39. The summed E-state index contributed by atoms with van der Waals surface area (Å²) in [5, 5.41) is 9.77. The van der Waals surface area contributed by atoms with Gasteiger partial charge in [0.2, 0.25) is 0 Å². The third-order valence-electron chi connectivity index (χ3n) is 3.47. The van der Waals surface area contributed by atoms with Gasteiger partial charge in [-0.3, -0.25) is 0 Å². The van der Waals surface area contributed by atoms with Crippen LogP contribution in [0.2, 0.25) is 0 Å². The van der Waals surface area contributed by atoms with Crippen LogP contribution >= 0.6 is 0 Å². The average Bonchev–Trinajstić information content (AvgIpc) is 3.07. The Bertz CT molecular complexity index is 555. The quantitative estimate of drug-likeness (QED) is 0.858. The van der Waals surface area contributed by atoms with Crippen molar-refractivity contribution < 1.29 is 9.32 Å². The minimum absolute atomic E-state index is 0.0807. The smallest absolute Gasteiger partial charge is 0.315 e. The number of nitrogens with one attached hydrogen (secondary N) is 2. The molecule has 2 amide bonds. The Morgan fingerprint density at radius 2 is 2.10 bits per heavy atom. The van der Waals surface area contributed by atoms with Crippen LogP contribution in [-0.4, -0.2) is 22.3 Å². The molecule has 6 nitrogen and oxygen atoms in total. The van der Waals surface area contributed by atoms with Crippen molar-refractivity contribution in [2.75, 3.05) is 6.54 Å². The van der Waals surface area contributed by atoms with Crippen LogP contribution in [0.5, 0.6) is 0 Å². The molecule has 0 radical (unpaired) electrons. The van der Waals surface area contributed by atoms with Crippen LogP contribution in [0.4, 0.5) is 4.79 Å². The molecule has 0 saturated carbocycles. The van der Waals surface area contributed by atoms with Gasteiger partial charge in [0.05, 0.1) is 11.7 Å². The van der Waals surface area contributed by atoms with E-state index < -0.39 is 0 Å². The van der Waals surface area contributed by atoms with Gasteiger partial charge < -0.3 is 19.7 Å². The van der Waals surface area contributed by atoms with E-state index in [1.54, 1.807) is 0 Å². The van der Waals surface area contributed by atoms with Crippen LogP contribution < -0.4 is 10.6 Å². The second-order valence-corrected chi connectivity index (χ2v) is 5.02. The fraction of sp³-hybridized carbons (Fsp3) is 0.467. The maximum Gasteiger partial charge on any atom is 0.315 e. The molecule has 0 bridgehead atoms. The largest absolute Gasteiger partial charge is 0.361 e. The molecule has 1 atom stereocenters. The highest BCUT2D eigenvalue weighted by Gasteiger charge is 2.20. The Kier molecular flexibility index (Phi) is 5.03. The SMILES string of the molecule is CCC(NC(=O)NCCn1cccc1)c1c(C)noc1C. The molecule has 2 aromatic rings. The summed E-state index contributed by atoms with van der Waals surface area (Å²) in [6.45, 7) is 7.11. The zero-order chi connectivity index (χ0) is 15.2. The number of aromatic nitrogens is 2. The second kappa shape index (κ2) is 6.97. The Balaban J connectivity index is 1.85. The van der Waals surface area contributed by atoms with E-state index in [1.807, 2.05) is 49.9 Å². The maximum absolute atomic E-state index is 12.0. The third-order valence-corrected chi connectivity index (χ3v) is 3.47. The first-order valence-corrected chi connectivity index (χ1v) is 7.19. The Labute approximate surface area is 124 Å². The van der Waals surface area contributed by atoms with Gasteiger partial charge in [0, 0.05) is 31.0 Å². The van der Waals surface area contributed by atoms with E-state index in [0.717, 1.165) is 30.0 Å². The van der Waals surface area contributed by atoms with Crippen LogP contribution in [0.25, 0.3) is 0 Å². The molecular formula is C15H22N4O2. The molecule has 0 aromatic carbocycles. The predicted molar refractivity (Wildman–Crippen MR) is 80.0 cm³/mol. The molecule has 2 aromatic heterocycles. The van der Waals surface area contributed by atoms with E-state index in [1.165, 1.54) is 0 Å². The topological polar surface area (TPSA) is 72.1 Å². The normalized spacial score (nSPS) is 12.1. The summed E-state index contributed by atoms with van der Waals surface area (Å²) in [7, 11) is 0. The number of hydrogen-bond donors (Lipinski definition) is 2. The van der Waals surface area contributed by atoms with Gasteiger partial charge in [-0.05, 0) is 32.4 Å². The molecule has 0 aliphatic heterocycles. The molecule has 0 aliphatic carbocycles. The lowest BCUT2D eigenvalue weighted by Gasteiger charge is -2.17. The van der Waals surface area contributed by atoms with Gasteiger partial charge in [0.1, 0.15) is 5.76 Å². The van der Waals surface area contributed by atoms with Crippen LogP contribution in [-0.2, 0) is 6.54 Å². The van der Waals surface area contributed by atoms with Crippen molar-refractivity contribution >= 4 is 6.03 Å². The van der Waals surface area contributed by atoms with Crippen molar-refractivity contribution in [1.29, 1.82) is 0 Å². The van der Waals surface area contributed by atoms with Gasteiger partial charge in [-0.15, -0.1) is 0 Å². The summed E-state index contributed by atoms with van der Waals surface area (Å²) < 4.78 is 7.18. The molecule has 114 valence electrons. The van der Waals surface area contributed by atoms with Crippen LogP contribution in [0.3, 0.4) is 0 Å². The van der Waals surface area contributed by atoms with E-state index in [0.29, 0.717) is 6.54 Å². The molecule has 1 unspecified atom stereocenters.